The first-order valence-electron chi connectivity index (χ1n) is 8.24. The fraction of sp³-hybridized carbons (Fsp3) is 0.250. The molecular weight excluding hydrogens is 352 g/mol. The first-order valence-corrected chi connectivity index (χ1v) is 8.24. The van der Waals surface area contributed by atoms with Crippen molar-refractivity contribution in [3.8, 4) is 0 Å². The van der Waals surface area contributed by atoms with Crippen molar-refractivity contribution in [3.63, 3.8) is 0 Å². The van der Waals surface area contributed by atoms with Gasteiger partial charge >= 0.3 is 0 Å². The highest BCUT2D eigenvalue weighted by Crippen LogP contribution is 2.27. The van der Waals surface area contributed by atoms with Crippen LogP contribution in [0.3, 0.4) is 0 Å². The number of nitrogens with zero attached hydrogens (tertiary/aromatic N) is 1. The second-order valence-electron chi connectivity index (χ2n) is 6.38. The summed E-state index contributed by atoms with van der Waals surface area (Å²) in [5.74, 6) is -0.628. The Morgan fingerprint density at radius 2 is 1.50 bits per heavy atom. The molecule has 1 amide bonds. The largest absolute Gasteiger partial charge is 0.352 e. The number of halogens is 1. The van der Waals surface area contributed by atoms with Gasteiger partial charge in [0, 0.05) is 34.4 Å². The lowest BCUT2D eigenvalue weighted by Crippen LogP contribution is -2.28. The van der Waals surface area contributed by atoms with Crippen LogP contribution in [-0.2, 0) is 0 Å². The summed E-state index contributed by atoms with van der Waals surface area (Å²) in [4.78, 5) is 39.6. The lowest BCUT2D eigenvalue weighted by molar-refractivity contribution is 0.0949. The topological polar surface area (TPSA) is 66.5 Å². The van der Waals surface area contributed by atoms with Crippen molar-refractivity contribution in [2.75, 3.05) is 27.2 Å². The summed E-state index contributed by atoms with van der Waals surface area (Å²) in [6, 6.07) is 11.5. The van der Waals surface area contributed by atoms with Crippen molar-refractivity contribution in [1.29, 1.82) is 0 Å². The van der Waals surface area contributed by atoms with Crippen molar-refractivity contribution >= 4 is 29.9 Å². The van der Waals surface area contributed by atoms with Crippen LogP contribution in [0.2, 0.25) is 0 Å². The minimum absolute atomic E-state index is 0. The van der Waals surface area contributed by atoms with Crippen LogP contribution in [0.5, 0.6) is 0 Å². The second kappa shape index (κ2) is 8.25. The van der Waals surface area contributed by atoms with Crippen LogP contribution in [-0.4, -0.2) is 49.6 Å². The molecule has 0 atom stereocenters. The molecule has 3 rings (SSSR count). The maximum Gasteiger partial charge on any atom is 0.251 e. The van der Waals surface area contributed by atoms with Gasteiger partial charge in [0.15, 0.2) is 11.6 Å². The Bertz CT molecular complexity index is 862. The molecule has 1 aliphatic rings. The number of carbonyl (C=O) groups is 3. The molecule has 0 bridgehead atoms. The molecule has 0 saturated carbocycles. The predicted molar refractivity (Wildman–Crippen MR) is 103 cm³/mol. The summed E-state index contributed by atoms with van der Waals surface area (Å²) in [7, 11) is 3.96. The van der Waals surface area contributed by atoms with E-state index in [9.17, 15) is 14.4 Å². The number of fused-ring (bicyclic) bond motifs is 2. The van der Waals surface area contributed by atoms with E-state index < -0.39 is 0 Å². The molecule has 0 heterocycles. The maximum atomic E-state index is 12.7. The molecule has 136 valence electrons. The van der Waals surface area contributed by atoms with Crippen molar-refractivity contribution in [3.05, 3.63) is 70.3 Å². The van der Waals surface area contributed by atoms with E-state index in [1.54, 1.807) is 36.4 Å². The molecule has 0 aliphatic heterocycles. The van der Waals surface area contributed by atoms with Crippen LogP contribution in [0, 0.1) is 0 Å². The van der Waals surface area contributed by atoms with Gasteiger partial charge in [0.05, 0.1) is 0 Å². The summed E-state index contributed by atoms with van der Waals surface area (Å²) in [6.07, 6.45) is 0.842. The van der Waals surface area contributed by atoms with Crippen LogP contribution in [0.1, 0.15) is 48.6 Å². The highest BCUT2D eigenvalue weighted by atomic mass is 35.5. The van der Waals surface area contributed by atoms with Crippen LogP contribution in [0.4, 0.5) is 0 Å². The smallest absolute Gasteiger partial charge is 0.251 e. The number of ketones is 2. The number of benzene rings is 2. The monoisotopic (exact) mass is 372 g/mol. The summed E-state index contributed by atoms with van der Waals surface area (Å²) in [5, 5.41) is 2.84. The Kier molecular flexibility index (Phi) is 6.29. The van der Waals surface area contributed by atoms with Gasteiger partial charge in [-0.1, -0.05) is 24.3 Å². The third-order valence-corrected chi connectivity index (χ3v) is 4.25. The SMILES string of the molecule is CN(C)CCCNC(=O)c1ccc2c(c1)C(=O)c1ccccc1C2=O.Cl. The van der Waals surface area contributed by atoms with E-state index in [1.807, 2.05) is 19.0 Å². The molecule has 0 aromatic heterocycles. The lowest BCUT2D eigenvalue weighted by atomic mass is 9.83. The molecule has 0 saturated heterocycles. The number of amides is 1. The number of nitrogens with one attached hydrogen (secondary N) is 1. The third-order valence-electron chi connectivity index (χ3n) is 4.25. The highest BCUT2D eigenvalue weighted by molar-refractivity contribution is 6.28. The van der Waals surface area contributed by atoms with Crippen LogP contribution in [0.25, 0.3) is 0 Å². The minimum atomic E-state index is -0.235. The Morgan fingerprint density at radius 1 is 0.923 bits per heavy atom. The van der Waals surface area contributed by atoms with Crippen molar-refractivity contribution < 1.29 is 14.4 Å². The Balaban J connectivity index is 0.00000243. The molecule has 0 fully saturated rings. The Hall–Kier alpha value is -2.50. The van der Waals surface area contributed by atoms with Gasteiger partial charge in [0.1, 0.15) is 0 Å². The van der Waals surface area contributed by atoms with Gasteiger partial charge in [0.2, 0.25) is 0 Å². The normalized spacial score (nSPS) is 12.3. The van der Waals surface area contributed by atoms with E-state index >= 15 is 0 Å². The number of rotatable bonds is 5. The third kappa shape index (κ3) is 3.84. The molecule has 6 heteroatoms. The molecule has 2 aromatic rings. The summed E-state index contributed by atoms with van der Waals surface area (Å²) in [6.45, 7) is 1.44. The Labute approximate surface area is 158 Å². The van der Waals surface area contributed by atoms with Gasteiger partial charge in [-0.15, -0.1) is 12.4 Å². The molecular formula is C20H21ClN2O3. The predicted octanol–water partition coefficient (Wildman–Crippen LogP) is 2.57. The van der Waals surface area contributed by atoms with Gasteiger partial charge in [-0.25, -0.2) is 0 Å². The molecule has 0 unspecified atom stereocenters. The van der Waals surface area contributed by atoms with E-state index in [0.29, 0.717) is 34.4 Å². The zero-order valence-corrected chi connectivity index (χ0v) is 15.6. The number of hydrogen-bond acceptors (Lipinski definition) is 4. The van der Waals surface area contributed by atoms with Gasteiger partial charge < -0.3 is 10.2 Å². The van der Waals surface area contributed by atoms with Crippen LogP contribution < -0.4 is 5.32 Å². The van der Waals surface area contributed by atoms with Crippen molar-refractivity contribution in [2.24, 2.45) is 0 Å². The summed E-state index contributed by atoms with van der Waals surface area (Å²) >= 11 is 0. The van der Waals surface area contributed by atoms with E-state index in [0.717, 1.165) is 13.0 Å². The molecule has 1 N–H and O–H groups in total. The first-order chi connectivity index (χ1) is 12.0. The van der Waals surface area contributed by atoms with Gasteiger partial charge in [-0.05, 0) is 45.3 Å². The Morgan fingerprint density at radius 3 is 2.12 bits per heavy atom. The van der Waals surface area contributed by atoms with E-state index in [4.69, 9.17) is 0 Å². The average Bonchev–Trinajstić information content (AvgIpc) is 2.62. The zero-order valence-electron chi connectivity index (χ0n) is 14.7. The molecule has 2 aromatic carbocycles. The lowest BCUT2D eigenvalue weighted by Gasteiger charge is -2.18. The number of hydrogen-bond donors (Lipinski definition) is 1. The minimum Gasteiger partial charge on any atom is -0.352 e. The van der Waals surface area contributed by atoms with Crippen molar-refractivity contribution in [1.82, 2.24) is 10.2 Å². The van der Waals surface area contributed by atoms with Crippen LogP contribution in [0.15, 0.2) is 42.5 Å². The second-order valence-corrected chi connectivity index (χ2v) is 6.38. The quantitative estimate of drug-likeness (QED) is 0.699. The fourth-order valence-corrected chi connectivity index (χ4v) is 2.94. The standard InChI is InChI=1S/C20H20N2O3.ClH/c1-22(2)11-5-10-21-20(25)13-8-9-16-17(12-13)19(24)15-7-4-3-6-14(15)18(16)23;/h3-4,6-9,12H,5,10-11H2,1-2H3,(H,21,25);1H. The van der Waals surface area contributed by atoms with Crippen LogP contribution >= 0.6 is 12.4 Å². The zero-order chi connectivity index (χ0) is 18.0. The summed E-state index contributed by atoms with van der Waals surface area (Å²) in [5.41, 5.74) is 1.85. The fourth-order valence-electron chi connectivity index (χ4n) is 2.94. The molecule has 0 spiro atoms. The molecule has 5 nitrogen and oxygen atoms in total. The highest BCUT2D eigenvalue weighted by Gasteiger charge is 2.29. The molecule has 26 heavy (non-hydrogen) atoms. The first kappa shape index (κ1) is 19.8. The van der Waals surface area contributed by atoms with E-state index in [-0.39, 0.29) is 29.9 Å². The van der Waals surface area contributed by atoms with Gasteiger partial charge in [-0.2, -0.15) is 0 Å². The van der Waals surface area contributed by atoms with Gasteiger partial charge in [-0.3, -0.25) is 14.4 Å². The molecule has 1 aliphatic carbocycles. The number of carbonyl (C=O) groups excluding carboxylic acids is 3. The van der Waals surface area contributed by atoms with Crippen molar-refractivity contribution in [2.45, 2.75) is 6.42 Å². The van der Waals surface area contributed by atoms with Gasteiger partial charge in [0.25, 0.3) is 5.91 Å². The molecule has 0 radical (unpaired) electrons. The maximum absolute atomic E-state index is 12.7. The average molecular weight is 373 g/mol. The van der Waals surface area contributed by atoms with E-state index in [1.165, 1.54) is 6.07 Å². The van der Waals surface area contributed by atoms with E-state index in [2.05, 4.69) is 5.32 Å². The summed E-state index contributed by atoms with van der Waals surface area (Å²) < 4.78 is 0.